The summed E-state index contributed by atoms with van der Waals surface area (Å²) >= 11 is 0. The van der Waals surface area contributed by atoms with Crippen molar-refractivity contribution in [2.24, 2.45) is 11.1 Å². The maximum Gasteiger partial charge on any atom is 0.316 e. The zero-order chi connectivity index (χ0) is 13.5. The molecule has 2 heterocycles. The lowest BCUT2D eigenvalue weighted by atomic mass is 9.75. The lowest BCUT2D eigenvalue weighted by molar-refractivity contribution is -0.184. The van der Waals surface area contributed by atoms with E-state index in [0.717, 1.165) is 36.3 Å². The summed E-state index contributed by atoms with van der Waals surface area (Å²) < 4.78 is 10.6. The molecular formula is C14H17NO4. The third-order valence-electron chi connectivity index (χ3n) is 4.03. The minimum absolute atomic E-state index is 0.178. The zero-order valence-corrected chi connectivity index (χ0v) is 10.6. The van der Waals surface area contributed by atoms with Crippen molar-refractivity contribution in [2.45, 2.75) is 18.9 Å². The molecule has 2 aliphatic heterocycles. The number of nitrogens with two attached hydrogens (primary N) is 1. The standard InChI is InChI=1S/C14H17NO4/c15-12(14(13(16)17)7-18-8-14)10-3-4-11-9(6-10)2-1-5-19-11/h3-4,6,12H,1-2,5,7-8,15H2,(H,16,17). The van der Waals surface area contributed by atoms with E-state index in [1.165, 1.54) is 0 Å². The van der Waals surface area contributed by atoms with Crippen molar-refractivity contribution in [2.75, 3.05) is 19.8 Å². The summed E-state index contributed by atoms with van der Waals surface area (Å²) in [5, 5.41) is 9.37. The van der Waals surface area contributed by atoms with E-state index < -0.39 is 17.4 Å². The van der Waals surface area contributed by atoms with Crippen LogP contribution >= 0.6 is 0 Å². The molecule has 1 unspecified atom stereocenters. The fraction of sp³-hybridized carbons (Fsp3) is 0.500. The largest absolute Gasteiger partial charge is 0.493 e. The van der Waals surface area contributed by atoms with E-state index in [1.807, 2.05) is 18.2 Å². The number of rotatable bonds is 3. The van der Waals surface area contributed by atoms with Crippen molar-refractivity contribution in [3.8, 4) is 5.75 Å². The van der Waals surface area contributed by atoms with Crippen LogP contribution in [-0.2, 0) is 16.0 Å². The molecule has 0 radical (unpaired) electrons. The summed E-state index contributed by atoms with van der Waals surface area (Å²) in [6.45, 7) is 1.10. The quantitative estimate of drug-likeness (QED) is 0.853. The average Bonchev–Trinajstić information content (AvgIpc) is 2.36. The number of benzene rings is 1. The van der Waals surface area contributed by atoms with E-state index in [0.29, 0.717) is 0 Å². The van der Waals surface area contributed by atoms with E-state index >= 15 is 0 Å². The Morgan fingerprint density at radius 3 is 2.84 bits per heavy atom. The summed E-state index contributed by atoms with van der Waals surface area (Å²) in [7, 11) is 0. The number of hydrogen-bond acceptors (Lipinski definition) is 4. The van der Waals surface area contributed by atoms with E-state index in [2.05, 4.69) is 0 Å². The van der Waals surface area contributed by atoms with Crippen molar-refractivity contribution in [3.05, 3.63) is 29.3 Å². The summed E-state index contributed by atoms with van der Waals surface area (Å²) in [5.74, 6) is -0.00310. The van der Waals surface area contributed by atoms with Gasteiger partial charge in [-0.3, -0.25) is 4.79 Å². The lowest BCUT2D eigenvalue weighted by Crippen LogP contribution is -2.55. The van der Waals surface area contributed by atoms with Crippen LogP contribution in [0.3, 0.4) is 0 Å². The molecule has 3 N–H and O–H groups in total. The van der Waals surface area contributed by atoms with Crippen LogP contribution in [0.1, 0.15) is 23.6 Å². The van der Waals surface area contributed by atoms with Gasteiger partial charge in [-0.25, -0.2) is 0 Å². The Labute approximate surface area is 111 Å². The highest BCUT2D eigenvalue weighted by molar-refractivity contribution is 5.77. The van der Waals surface area contributed by atoms with Gasteiger partial charge in [0.25, 0.3) is 0 Å². The Balaban J connectivity index is 1.91. The Morgan fingerprint density at radius 1 is 1.42 bits per heavy atom. The van der Waals surface area contributed by atoms with E-state index in [1.54, 1.807) is 0 Å². The fourth-order valence-electron chi connectivity index (χ4n) is 2.65. The number of ether oxygens (including phenoxy) is 2. The second kappa shape index (κ2) is 4.51. The van der Waals surface area contributed by atoms with Crippen LogP contribution in [0.4, 0.5) is 0 Å². The molecule has 5 heteroatoms. The van der Waals surface area contributed by atoms with Crippen LogP contribution in [0.15, 0.2) is 18.2 Å². The number of aryl methyl sites for hydroxylation is 1. The first-order valence-electron chi connectivity index (χ1n) is 6.46. The average molecular weight is 263 g/mol. The first-order valence-corrected chi connectivity index (χ1v) is 6.46. The number of carboxylic acids is 1. The smallest absolute Gasteiger partial charge is 0.316 e. The monoisotopic (exact) mass is 263 g/mol. The molecule has 5 nitrogen and oxygen atoms in total. The third kappa shape index (κ3) is 1.89. The molecule has 0 aromatic heterocycles. The molecule has 0 aliphatic carbocycles. The lowest BCUT2D eigenvalue weighted by Gasteiger charge is -2.42. The highest BCUT2D eigenvalue weighted by Crippen LogP contribution is 2.40. The molecule has 102 valence electrons. The molecule has 19 heavy (non-hydrogen) atoms. The molecule has 0 saturated carbocycles. The third-order valence-corrected chi connectivity index (χ3v) is 4.03. The Bertz CT molecular complexity index is 510. The molecule has 1 fully saturated rings. The summed E-state index contributed by atoms with van der Waals surface area (Å²) in [5.41, 5.74) is 7.14. The highest BCUT2D eigenvalue weighted by atomic mass is 16.5. The summed E-state index contributed by atoms with van der Waals surface area (Å²) in [4.78, 5) is 11.4. The second-order valence-corrected chi connectivity index (χ2v) is 5.25. The van der Waals surface area contributed by atoms with Gasteiger partial charge in [-0.05, 0) is 30.0 Å². The number of carboxylic acid groups (broad SMARTS) is 1. The first kappa shape index (κ1) is 12.4. The topological polar surface area (TPSA) is 81.8 Å². The molecule has 1 aromatic carbocycles. The first-order chi connectivity index (χ1) is 9.13. The van der Waals surface area contributed by atoms with Gasteiger partial charge in [-0.15, -0.1) is 0 Å². The number of fused-ring (bicyclic) bond motifs is 1. The zero-order valence-electron chi connectivity index (χ0n) is 10.6. The molecular weight excluding hydrogens is 246 g/mol. The Morgan fingerprint density at radius 2 is 2.21 bits per heavy atom. The van der Waals surface area contributed by atoms with Crippen molar-refractivity contribution in [1.82, 2.24) is 0 Å². The van der Waals surface area contributed by atoms with Gasteiger partial charge >= 0.3 is 5.97 Å². The summed E-state index contributed by atoms with van der Waals surface area (Å²) in [6.07, 6.45) is 1.94. The second-order valence-electron chi connectivity index (χ2n) is 5.25. The van der Waals surface area contributed by atoms with Crippen LogP contribution in [0.2, 0.25) is 0 Å². The Hall–Kier alpha value is -1.59. The molecule has 0 bridgehead atoms. The van der Waals surface area contributed by atoms with Gasteiger partial charge in [0.1, 0.15) is 11.2 Å². The van der Waals surface area contributed by atoms with Gasteiger partial charge in [-0.1, -0.05) is 12.1 Å². The van der Waals surface area contributed by atoms with Gasteiger partial charge in [0.2, 0.25) is 0 Å². The van der Waals surface area contributed by atoms with E-state index in [4.69, 9.17) is 15.2 Å². The number of aliphatic carboxylic acids is 1. The molecule has 3 rings (SSSR count). The van der Waals surface area contributed by atoms with Crippen LogP contribution in [0.25, 0.3) is 0 Å². The maximum atomic E-state index is 11.4. The van der Waals surface area contributed by atoms with Crippen LogP contribution < -0.4 is 10.5 Å². The van der Waals surface area contributed by atoms with Gasteiger partial charge in [0.05, 0.1) is 25.9 Å². The highest BCUT2D eigenvalue weighted by Gasteiger charge is 2.51. The predicted octanol–water partition coefficient (Wildman–Crippen LogP) is 1.11. The van der Waals surface area contributed by atoms with Crippen LogP contribution in [-0.4, -0.2) is 30.9 Å². The van der Waals surface area contributed by atoms with Crippen molar-refractivity contribution >= 4 is 5.97 Å². The van der Waals surface area contributed by atoms with E-state index in [9.17, 15) is 9.90 Å². The van der Waals surface area contributed by atoms with Crippen molar-refractivity contribution < 1.29 is 19.4 Å². The van der Waals surface area contributed by atoms with Gasteiger partial charge in [0.15, 0.2) is 0 Å². The predicted molar refractivity (Wildman–Crippen MR) is 68.1 cm³/mol. The minimum Gasteiger partial charge on any atom is -0.493 e. The molecule has 0 amide bonds. The fourth-order valence-corrected chi connectivity index (χ4v) is 2.65. The van der Waals surface area contributed by atoms with Crippen molar-refractivity contribution in [3.63, 3.8) is 0 Å². The van der Waals surface area contributed by atoms with Gasteiger partial charge < -0.3 is 20.3 Å². The summed E-state index contributed by atoms with van der Waals surface area (Å²) in [6, 6.07) is 5.17. The Kier molecular flexibility index (Phi) is 2.95. The van der Waals surface area contributed by atoms with Crippen molar-refractivity contribution in [1.29, 1.82) is 0 Å². The molecule has 0 spiro atoms. The normalized spacial score (nSPS) is 21.7. The number of hydrogen-bond donors (Lipinski definition) is 2. The van der Waals surface area contributed by atoms with Crippen LogP contribution in [0.5, 0.6) is 5.75 Å². The van der Waals surface area contributed by atoms with Crippen LogP contribution in [0, 0.1) is 5.41 Å². The van der Waals surface area contributed by atoms with Gasteiger partial charge in [-0.2, -0.15) is 0 Å². The minimum atomic E-state index is -0.982. The molecule has 1 aromatic rings. The van der Waals surface area contributed by atoms with E-state index in [-0.39, 0.29) is 13.2 Å². The molecule has 2 aliphatic rings. The maximum absolute atomic E-state index is 11.4. The number of carbonyl (C=O) groups is 1. The molecule has 1 atom stereocenters. The SMILES string of the molecule is NC(c1ccc2c(c1)CCCO2)C1(C(=O)O)COC1. The molecule has 1 saturated heterocycles. The van der Waals surface area contributed by atoms with Gasteiger partial charge in [0, 0.05) is 0 Å².